The highest BCUT2D eigenvalue weighted by atomic mass is 32.1. The fourth-order valence-corrected chi connectivity index (χ4v) is 2.55. The first-order valence-corrected chi connectivity index (χ1v) is 6.00. The lowest BCUT2D eigenvalue weighted by molar-refractivity contribution is -0.143. The Kier molecular flexibility index (Phi) is 3.70. The van der Waals surface area contributed by atoms with Crippen LogP contribution in [0, 0.1) is 13.8 Å². The number of carbonyl (C=O) groups is 1. The predicted octanol–water partition coefficient (Wildman–Crippen LogP) is 2.27. The SMILES string of the molecule is Cc1nc(C)c(C(C)NC(C)(C)C(=O)O)s1. The van der Waals surface area contributed by atoms with Crippen LogP contribution in [0.25, 0.3) is 0 Å². The number of hydrogen-bond acceptors (Lipinski definition) is 4. The van der Waals surface area contributed by atoms with Crippen molar-refractivity contribution in [2.24, 2.45) is 0 Å². The Labute approximate surface area is 99.7 Å². The van der Waals surface area contributed by atoms with Gasteiger partial charge < -0.3 is 5.11 Å². The van der Waals surface area contributed by atoms with E-state index in [0.29, 0.717) is 0 Å². The van der Waals surface area contributed by atoms with Gasteiger partial charge in [-0.3, -0.25) is 10.1 Å². The third-order valence-electron chi connectivity index (χ3n) is 2.44. The Hall–Kier alpha value is -0.940. The van der Waals surface area contributed by atoms with Crippen molar-refractivity contribution in [2.75, 3.05) is 0 Å². The van der Waals surface area contributed by atoms with E-state index in [9.17, 15) is 4.79 Å². The first-order valence-electron chi connectivity index (χ1n) is 5.19. The van der Waals surface area contributed by atoms with Gasteiger partial charge in [0.1, 0.15) is 5.54 Å². The van der Waals surface area contributed by atoms with E-state index in [4.69, 9.17) is 5.11 Å². The summed E-state index contributed by atoms with van der Waals surface area (Å²) in [5.74, 6) is -0.849. The van der Waals surface area contributed by atoms with Gasteiger partial charge in [0.25, 0.3) is 0 Å². The van der Waals surface area contributed by atoms with Crippen LogP contribution in [0.5, 0.6) is 0 Å². The number of aliphatic carboxylic acids is 1. The molecule has 2 N–H and O–H groups in total. The smallest absolute Gasteiger partial charge is 0.323 e. The Bertz CT molecular complexity index is 399. The van der Waals surface area contributed by atoms with Crippen molar-refractivity contribution in [3.8, 4) is 0 Å². The Morgan fingerprint density at radius 2 is 2.06 bits per heavy atom. The normalized spacial score (nSPS) is 13.8. The topological polar surface area (TPSA) is 62.2 Å². The third kappa shape index (κ3) is 2.80. The molecule has 1 heterocycles. The zero-order valence-corrected chi connectivity index (χ0v) is 11.1. The second-order valence-corrected chi connectivity index (χ2v) is 5.71. The van der Waals surface area contributed by atoms with Gasteiger partial charge in [0.15, 0.2) is 0 Å². The van der Waals surface area contributed by atoms with Gasteiger partial charge in [0.05, 0.1) is 10.7 Å². The molecular formula is C11H18N2O2S. The maximum absolute atomic E-state index is 11.0. The molecule has 1 atom stereocenters. The second-order valence-electron chi connectivity index (χ2n) is 4.48. The summed E-state index contributed by atoms with van der Waals surface area (Å²) in [6, 6.07) is -0.00250. The number of aryl methyl sites for hydroxylation is 2. The number of nitrogens with one attached hydrogen (secondary N) is 1. The van der Waals surface area contributed by atoms with Gasteiger partial charge in [-0.1, -0.05) is 0 Å². The highest BCUT2D eigenvalue weighted by molar-refractivity contribution is 7.11. The van der Waals surface area contributed by atoms with Gasteiger partial charge in [-0.05, 0) is 34.6 Å². The van der Waals surface area contributed by atoms with Crippen LogP contribution in [0.2, 0.25) is 0 Å². The molecule has 1 aromatic rings. The summed E-state index contributed by atoms with van der Waals surface area (Å²) in [5, 5.41) is 13.1. The molecule has 90 valence electrons. The summed E-state index contributed by atoms with van der Waals surface area (Å²) in [6.07, 6.45) is 0. The molecule has 0 spiro atoms. The van der Waals surface area contributed by atoms with E-state index < -0.39 is 11.5 Å². The molecule has 0 radical (unpaired) electrons. The van der Waals surface area contributed by atoms with Gasteiger partial charge in [0.2, 0.25) is 0 Å². The lowest BCUT2D eigenvalue weighted by atomic mass is 10.0. The van der Waals surface area contributed by atoms with Crippen molar-refractivity contribution in [1.82, 2.24) is 10.3 Å². The van der Waals surface area contributed by atoms with Crippen molar-refractivity contribution in [3.63, 3.8) is 0 Å². The van der Waals surface area contributed by atoms with Gasteiger partial charge in [0, 0.05) is 10.9 Å². The molecule has 0 aliphatic carbocycles. The van der Waals surface area contributed by atoms with Crippen molar-refractivity contribution in [2.45, 2.75) is 46.2 Å². The molecule has 4 nitrogen and oxygen atoms in total. The van der Waals surface area contributed by atoms with E-state index in [2.05, 4.69) is 10.3 Å². The van der Waals surface area contributed by atoms with Crippen LogP contribution in [0.15, 0.2) is 0 Å². The van der Waals surface area contributed by atoms with Gasteiger partial charge in [-0.15, -0.1) is 11.3 Å². The van der Waals surface area contributed by atoms with E-state index in [1.807, 2.05) is 20.8 Å². The minimum atomic E-state index is -0.927. The number of hydrogen-bond donors (Lipinski definition) is 2. The molecule has 0 aromatic carbocycles. The molecule has 0 fully saturated rings. The van der Waals surface area contributed by atoms with E-state index in [0.717, 1.165) is 15.6 Å². The van der Waals surface area contributed by atoms with Gasteiger partial charge in [-0.2, -0.15) is 0 Å². The number of carboxylic acid groups (broad SMARTS) is 1. The van der Waals surface area contributed by atoms with E-state index >= 15 is 0 Å². The van der Waals surface area contributed by atoms with Crippen molar-refractivity contribution >= 4 is 17.3 Å². The number of nitrogens with zero attached hydrogens (tertiary/aromatic N) is 1. The molecule has 1 aromatic heterocycles. The molecule has 0 saturated carbocycles. The van der Waals surface area contributed by atoms with Crippen LogP contribution in [0.4, 0.5) is 0 Å². The van der Waals surface area contributed by atoms with Crippen molar-refractivity contribution < 1.29 is 9.90 Å². The van der Waals surface area contributed by atoms with Gasteiger partial charge in [-0.25, -0.2) is 4.98 Å². The minimum absolute atomic E-state index is 0.00250. The zero-order chi connectivity index (χ0) is 12.5. The molecule has 1 rings (SSSR count). The minimum Gasteiger partial charge on any atom is -0.480 e. The molecule has 0 bridgehead atoms. The molecule has 1 unspecified atom stereocenters. The monoisotopic (exact) mass is 242 g/mol. The molecule has 5 heteroatoms. The highest BCUT2D eigenvalue weighted by Crippen LogP contribution is 2.26. The quantitative estimate of drug-likeness (QED) is 0.850. The summed E-state index contributed by atoms with van der Waals surface area (Å²) >= 11 is 1.61. The molecule has 0 amide bonds. The van der Waals surface area contributed by atoms with Crippen molar-refractivity contribution in [3.05, 3.63) is 15.6 Å². The summed E-state index contributed by atoms with van der Waals surface area (Å²) in [7, 11) is 0. The van der Waals surface area contributed by atoms with Crippen LogP contribution >= 0.6 is 11.3 Å². The molecule has 0 aliphatic rings. The van der Waals surface area contributed by atoms with Crippen LogP contribution in [-0.4, -0.2) is 21.6 Å². The summed E-state index contributed by atoms with van der Waals surface area (Å²) in [6.45, 7) is 9.19. The van der Waals surface area contributed by atoms with Crippen LogP contribution in [0.1, 0.15) is 42.4 Å². The first-order chi connectivity index (χ1) is 7.24. The van der Waals surface area contributed by atoms with Crippen LogP contribution < -0.4 is 5.32 Å². The Morgan fingerprint density at radius 1 is 1.50 bits per heavy atom. The Morgan fingerprint density at radius 3 is 2.44 bits per heavy atom. The summed E-state index contributed by atoms with van der Waals surface area (Å²) < 4.78 is 0. The number of thiazole rings is 1. The van der Waals surface area contributed by atoms with E-state index in [-0.39, 0.29) is 6.04 Å². The zero-order valence-electron chi connectivity index (χ0n) is 10.3. The molecular weight excluding hydrogens is 224 g/mol. The average Bonchev–Trinajstić information content (AvgIpc) is 2.44. The van der Waals surface area contributed by atoms with Crippen LogP contribution in [0.3, 0.4) is 0 Å². The standard InChI is InChI=1S/C11H18N2O2S/c1-6-9(16-8(3)12-6)7(2)13-11(4,5)10(14)15/h7,13H,1-5H3,(H,14,15). The second kappa shape index (κ2) is 4.51. The van der Waals surface area contributed by atoms with Gasteiger partial charge >= 0.3 is 5.97 Å². The molecule has 0 saturated heterocycles. The predicted molar refractivity (Wildman–Crippen MR) is 64.9 cm³/mol. The first kappa shape index (κ1) is 13.1. The molecule has 16 heavy (non-hydrogen) atoms. The third-order valence-corrected chi connectivity index (χ3v) is 3.70. The fraction of sp³-hybridized carbons (Fsp3) is 0.636. The Balaban J connectivity index is 2.84. The maximum Gasteiger partial charge on any atom is 0.323 e. The fourth-order valence-electron chi connectivity index (χ4n) is 1.62. The largest absolute Gasteiger partial charge is 0.480 e. The number of carboxylic acids is 1. The summed E-state index contributed by atoms with van der Waals surface area (Å²) in [5.41, 5.74) is 0.0488. The van der Waals surface area contributed by atoms with E-state index in [1.165, 1.54) is 0 Å². The van der Waals surface area contributed by atoms with Crippen LogP contribution in [-0.2, 0) is 4.79 Å². The lowest BCUT2D eigenvalue weighted by Crippen LogP contribution is -2.47. The van der Waals surface area contributed by atoms with Crippen molar-refractivity contribution in [1.29, 1.82) is 0 Å². The maximum atomic E-state index is 11.0. The number of aromatic nitrogens is 1. The highest BCUT2D eigenvalue weighted by Gasteiger charge is 2.29. The lowest BCUT2D eigenvalue weighted by Gasteiger charge is -2.25. The molecule has 0 aliphatic heterocycles. The number of rotatable bonds is 4. The average molecular weight is 242 g/mol. The van der Waals surface area contributed by atoms with E-state index in [1.54, 1.807) is 25.2 Å². The summed E-state index contributed by atoms with van der Waals surface area (Å²) in [4.78, 5) is 16.4.